The molecule has 1 saturated carbocycles. The number of benzene rings is 1. The van der Waals surface area contributed by atoms with Gasteiger partial charge >= 0.3 is 0 Å². The topological polar surface area (TPSA) is 20.2 Å². The van der Waals surface area contributed by atoms with E-state index in [1.54, 1.807) is 0 Å². The van der Waals surface area contributed by atoms with Crippen LogP contribution in [0, 0.1) is 5.41 Å². The van der Waals surface area contributed by atoms with Gasteiger partial charge in [-0.2, -0.15) is 0 Å². The van der Waals surface area contributed by atoms with Gasteiger partial charge < -0.3 is 5.11 Å². The van der Waals surface area contributed by atoms with Crippen LogP contribution in [0.3, 0.4) is 0 Å². The van der Waals surface area contributed by atoms with E-state index in [0.29, 0.717) is 5.41 Å². The molecule has 0 spiro atoms. The smallest absolute Gasteiger partial charge is 0.0545 e. The minimum atomic E-state index is -0.0660. The molecule has 1 aliphatic rings. The standard InChI is InChI=1S/C13H18O/c1-13(8-7-12(14)10-13)9-11-5-3-2-4-6-11/h2-6,12,14H,7-10H2,1H3. The van der Waals surface area contributed by atoms with Crippen LogP contribution in [0.5, 0.6) is 0 Å². The average Bonchev–Trinajstić information content (AvgIpc) is 2.47. The monoisotopic (exact) mass is 190 g/mol. The first-order valence-corrected chi connectivity index (χ1v) is 5.40. The molecule has 1 aromatic carbocycles. The molecule has 2 unspecified atom stereocenters. The molecule has 0 bridgehead atoms. The van der Waals surface area contributed by atoms with E-state index in [2.05, 4.69) is 37.3 Å². The zero-order valence-corrected chi connectivity index (χ0v) is 8.74. The molecule has 0 heterocycles. The Bertz CT molecular complexity index is 293. The van der Waals surface area contributed by atoms with Crippen LogP contribution in [0.25, 0.3) is 0 Å². The van der Waals surface area contributed by atoms with Crippen molar-refractivity contribution >= 4 is 0 Å². The van der Waals surface area contributed by atoms with Gasteiger partial charge in [0.1, 0.15) is 0 Å². The lowest BCUT2D eigenvalue weighted by Crippen LogP contribution is -2.16. The molecule has 1 N–H and O–H groups in total. The summed E-state index contributed by atoms with van der Waals surface area (Å²) < 4.78 is 0. The zero-order valence-electron chi connectivity index (χ0n) is 8.74. The fourth-order valence-electron chi connectivity index (χ4n) is 2.54. The summed E-state index contributed by atoms with van der Waals surface area (Å²) in [5.41, 5.74) is 1.71. The van der Waals surface area contributed by atoms with E-state index >= 15 is 0 Å². The Balaban J connectivity index is 2.04. The van der Waals surface area contributed by atoms with Crippen molar-refractivity contribution in [3.63, 3.8) is 0 Å². The largest absolute Gasteiger partial charge is 0.393 e. The molecule has 1 nitrogen and oxygen atoms in total. The number of aliphatic hydroxyl groups is 1. The van der Waals surface area contributed by atoms with Crippen molar-refractivity contribution in [1.82, 2.24) is 0 Å². The highest BCUT2D eigenvalue weighted by Crippen LogP contribution is 2.40. The minimum Gasteiger partial charge on any atom is -0.393 e. The second-order valence-corrected chi connectivity index (χ2v) is 4.87. The Hall–Kier alpha value is -0.820. The molecule has 2 rings (SSSR count). The lowest BCUT2D eigenvalue weighted by Gasteiger charge is -2.23. The lowest BCUT2D eigenvalue weighted by molar-refractivity contribution is 0.163. The maximum Gasteiger partial charge on any atom is 0.0545 e. The quantitative estimate of drug-likeness (QED) is 0.760. The van der Waals surface area contributed by atoms with Gasteiger partial charge in [0, 0.05) is 0 Å². The predicted octanol–water partition coefficient (Wildman–Crippen LogP) is 2.78. The van der Waals surface area contributed by atoms with E-state index in [0.717, 1.165) is 25.7 Å². The van der Waals surface area contributed by atoms with E-state index in [1.165, 1.54) is 5.56 Å². The molecule has 0 aliphatic heterocycles. The summed E-state index contributed by atoms with van der Waals surface area (Å²) in [4.78, 5) is 0. The summed E-state index contributed by atoms with van der Waals surface area (Å²) in [6.07, 6.45) is 4.13. The molecule has 0 radical (unpaired) electrons. The first-order chi connectivity index (χ1) is 6.68. The molecule has 76 valence electrons. The molecule has 0 amide bonds. The average molecular weight is 190 g/mol. The van der Waals surface area contributed by atoms with Crippen LogP contribution in [0.15, 0.2) is 30.3 Å². The molecule has 1 aromatic rings. The van der Waals surface area contributed by atoms with Crippen LogP contribution in [-0.4, -0.2) is 11.2 Å². The van der Waals surface area contributed by atoms with E-state index in [1.807, 2.05) is 0 Å². The van der Waals surface area contributed by atoms with Crippen LogP contribution in [0.4, 0.5) is 0 Å². The van der Waals surface area contributed by atoms with Crippen molar-refractivity contribution in [2.45, 2.75) is 38.7 Å². The van der Waals surface area contributed by atoms with Gasteiger partial charge in [-0.3, -0.25) is 0 Å². The zero-order chi connectivity index (χ0) is 10.0. The second-order valence-electron chi connectivity index (χ2n) is 4.87. The molecule has 1 aliphatic carbocycles. The normalized spacial score (nSPS) is 32.0. The maximum atomic E-state index is 9.54. The first-order valence-electron chi connectivity index (χ1n) is 5.40. The number of hydrogen-bond donors (Lipinski definition) is 1. The van der Waals surface area contributed by atoms with Gasteiger partial charge in [-0.1, -0.05) is 37.3 Å². The Morgan fingerprint density at radius 1 is 1.36 bits per heavy atom. The third-order valence-corrected chi connectivity index (χ3v) is 3.28. The van der Waals surface area contributed by atoms with E-state index in [-0.39, 0.29) is 6.10 Å². The van der Waals surface area contributed by atoms with Crippen molar-refractivity contribution in [2.24, 2.45) is 5.41 Å². The van der Waals surface area contributed by atoms with Gasteiger partial charge in [0.2, 0.25) is 0 Å². The molecular weight excluding hydrogens is 172 g/mol. The minimum absolute atomic E-state index is 0.0660. The van der Waals surface area contributed by atoms with Crippen LogP contribution >= 0.6 is 0 Å². The molecule has 0 saturated heterocycles. The van der Waals surface area contributed by atoms with E-state index < -0.39 is 0 Å². The Kier molecular flexibility index (Phi) is 2.60. The maximum absolute atomic E-state index is 9.54. The third-order valence-electron chi connectivity index (χ3n) is 3.28. The van der Waals surface area contributed by atoms with E-state index in [9.17, 15) is 5.11 Å². The third kappa shape index (κ3) is 2.16. The van der Waals surface area contributed by atoms with Gasteiger partial charge in [-0.15, -0.1) is 0 Å². The second kappa shape index (κ2) is 3.74. The van der Waals surface area contributed by atoms with Gasteiger partial charge in [0.25, 0.3) is 0 Å². The van der Waals surface area contributed by atoms with Crippen LogP contribution < -0.4 is 0 Å². The van der Waals surface area contributed by atoms with Gasteiger partial charge in [0.15, 0.2) is 0 Å². The van der Waals surface area contributed by atoms with Crippen LogP contribution in [-0.2, 0) is 6.42 Å². The molecule has 2 atom stereocenters. The SMILES string of the molecule is CC1(Cc2ccccc2)CCC(O)C1. The Morgan fingerprint density at radius 2 is 2.07 bits per heavy atom. The molecule has 0 aromatic heterocycles. The van der Waals surface area contributed by atoms with Gasteiger partial charge in [-0.25, -0.2) is 0 Å². The van der Waals surface area contributed by atoms with Crippen molar-refractivity contribution in [3.05, 3.63) is 35.9 Å². The van der Waals surface area contributed by atoms with Crippen LogP contribution in [0.1, 0.15) is 31.7 Å². The highest BCUT2D eigenvalue weighted by molar-refractivity contribution is 5.16. The van der Waals surface area contributed by atoms with Crippen LogP contribution in [0.2, 0.25) is 0 Å². The molecule has 14 heavy (non-hydrogen) atoms. The van der Waals surface area contributed by atoms with Crippen molar-refractivity contribution in [1.29, 1.82) is 0 Å². The van der Waals surface area contributed by atoms with Gasteiger partial charge in [0.05, 0.1) is 6.10 Å². The summed E-state index contributed by atoms with van der Waals surface area (Å²) in [5, 5.41) is 9.54. The Labute approximate surface area is 85.8 Å². The summed E-state index contributed by atoms with van der Waals surface area (Å²) in [7, 11) is 0. The Morgan fingerprint density at radius 3 is 2.64 bits per heavy atom. The highest BCUT2D eigenvalue weighted by Gasteiger charge is 2.33. The number of hydrogen-bond acceptors (Lipinski definition) is 1. The molecule has 1 fully saturated rings. The summed E-state index contributed by atoms with van der Waals surface area (Å²) >= 11 is 0. The summed E-state index contributed by atoms with van der Waals surface area (Å²) in [6, 6.07) is 10.6. The van der Waals surface area contributed by atoms with Crippen molar-refractivity contribution in [3.8, 4) is 0 Å². The summed E-state index contributed by atoms with van der Waals surface area (Å²) in [6.45, 7) is 2.29. The van der Waals surface area contributed by atoms with Crippen molar-refractivity contribution in [2.75, 3.05) is 0 Å². The number of rotatable bonds is 2. The van der Waals surface area contributed by atoms with Gasteiger partial charge in [-0.05, 0) is 36.7 Å². The fourth-order valence-corrected chi connectivity index (χ4v) is 2.54. The molecular formula is C13H18O. The summed E-state index contributed by atoms with van der Waals surface area (Å²) in [5.74, 6) is 0. The van der Waals surface area contributed by atoms with Crippen molar-refractivity contribution < 1.29 is 5.11 Å². The molecule has 1 heteroatoms. The predicted molar refractivity (Wildman–Crippen MR) is 58.1 cm³/mol. The number of aliphatic hydroxyl groups excluding tert-OH is 1. The first kappa shape index (κ1) is 9.72. The fraction of sp³-hybridized carbons (Fsp3) is 0.538. The lowest BCUT2D eigenvalue weighted by atomic mass is 9.82. The highest BCUT2D eigenvalue weighted by atomic mass is 16.3. The van der Waals surface area contributed by atoms with E-state index in [4.69, 9.17) is 0 Å².